The number of thiazole rings is 1. The number of nitrogens with two attached hydrogens (primary N) is 1. The number of aromatic nitrogens is 4. The van der Waals surface area contributed by atoms with Crippen LogP contribution in [0.1, 0.15) is 41.0 Å². The molecule has 1 amide bonds. The Labute approximate surface area is 147 Å². The first-order valence-corrected chi connectivity index (χ1v) is 8.82. The molecule has 0 aliphatic carbocycles. The number of hydrogen-bond acceptors (Lipinski definition) is 9. The Balaban J connectivity index is 1.96. The van der Waals surface area contributed by atoms with Gasteiger partial charge in [0.1, 0.15) is 4.88 Å². The van der Waals surface area contributed by atoms with Crippen LogP contribution in [0, 0.1) is 6.92 Å². The number of nitrogens with one attached hydrogen (secondary N) is 1. The molecule has 0 atom stereocenters. The quantitative estimate of drug-likeness (QED) is 0.444. The molecule has 2 heterocycles. The zero-order valence-electron chi connectivity index (χ0n) is 13.7. The van der Waals surface area contributed by atoms with Gasteiger partial charge >= 0.3 is 5.97 Å². The third-order valence-electron chi connectivity index (χ3n) is 2.95. The van der Waals surface area contributed by atoms with Crippen LogP contribution >= 0.6 is 23.1 Å². The van der Waals surface area contributed by atoms with Crippen molar-refractivity contribution < 1.29 is 14.3 Å². The van der Waals surface area contributed by atoms with E-state index in [1.54, 1.807) is 6.92 Å². The van der Waals surface area contributed by atoms with Crippen molar-refractivity contribution in [3.63, 3.8) is 0 Å². The summed E-state index contributed by atoms with van der Waals surface area (Å²) in [6.07, 6.45) is 0. The average Bonchev–Trinajstić information content (AvgIpc) is 3.07. The van der Waals surface area contributed by atoms with Crippen molar-refractivity contribution in [2.24, 2.45) is 0 Å². The lowest BCUT2D eigenvalue weighted by Gasteiger charge is -2.05. The van der Waals surface area contributed by atoms with Crippen molar-refractivity contribution >= 4 is 40.1 Å². The molecule has 0 aliphatic heterocycles. The number of thioether (sulfide) groups is 1. The number of carbonyl (C=O) groups is 2. The van der Waals surface area contributed by atoms with Gasteiger partial charge in [-0.3, -0.25) is 4.79 Å². The van der Waals surface area contributed by atoms with Gasteiger partial charge in [-0.25, -0.2) is 14.5 Å². The number of esters is 1. The van der Waals surface area contributed by atoms with Crippen molar-refractivity contribution in [2.75, 3.05) is 24.0 Å². The molecule has 0 saturated carbocycles. The van der Waals surface area contributed by atoms with Crippen LogP contribution < -0.4 is 11.2 Å². The molecule has 2 aromatic heterocycles. The first kappa shape index (κ1) is 18.2. The summed E-state index contributed by atoms with van der Waals surface area (Å²) >= 11 is 2.24. The van der Waals surface area contributed by atoms with E-state index in [0.29, 0.717) is 26.7 Å². The van der Waals surface area contributed by atoms with E-state index in [1.807, 2.05) is 13.8 Å². The third-order valence-corrected chi connectivity index (χ3v) is 4.95. The summed E-state index contributed by atoms with van der Waals surface area (Å²) in [6.45, 7) is 5.59. The molecule has 0 fully saturated rings. The van der Waals surface area contributed by atoms with Crippen LogP contribution in [-0.2, 0) is 9.53 Å². The number of nitrogen functional groups attached to an aromatic ring is 1. The summed E-state index contributed by atoms with van der Waals surface area (Å²) in [7, 11) is 1.30. The number of amides is 1. The van der Waals surface area contributed by atoms with Crippen molar-refractivity contribution in [1.29, 1.82) is 0 Å². The molecule has 0 unspecified atom stereocenters. The van der Waals surface area contributed by atoms with Gasteiger partial charge in [-0.1, -0.05) is 36.9 Å². The molecule has 130 valence electrons. The topological polar surface area (TPSA) is 125 Å². The van der Waals surface area contributed by atoms with E-state index in [4.69, 9.17) is 5.84 Å². The van der Waals surface area contributed by atoms with Gasteiger partial charge in [-0.15, -0.1) is 10.2 Å². The minimum Gasteiger partial charge on any atom is -0.465 e. The molecule has 0 aliphatic rings. The number of aryl methyl sites for hydroxylation is 1. The second-order valence-electron chi connectivity index (χ2n) is 5.13. The maximum atomic E-state index is 12.0. The summed E-state index contributed by atoms with van der Waals surface area (Å²) in [6, 6.07) is 0. The van der Waals surface area contributed by atoms with E-state index < -0.39 is 5.97 Å². The maximum Gasteiger partial charge on any atom is 0.350 e. The van der Waals surface area contributed by atoms with Crippen LogP contribution in [0.15, 0.2) is 5.16 Å². The van der Waals surface area contributed by atoms with Crippen molar-refractivity contribution in [3.05, 3.63) is 16.4 Å². The number of hydrogen-bond donors (Lipinski definition) is 2. The molecule has 3 N–H and O–H groups in total. The Morgan fingerprint density at radius 2 is 2.12 bits per heavy atom. The molecule has 24 heavy (non-hydrogen) atoms. The minimum absolute atomic E-state index is 0.0968. The van der Waals surface area contributed by atoms with Gasteiger partial charge < -0.3 is 15.9 Å². The van der Waals surface area contributed by atoms with Crippen LogP contribution in [0.25, 0.3) is 0 Å². The molecule has 0 aromatic carbocycles. The molecule has 0 spiro atoms. The first-order chi connectivity index (χ1) is 11.3. The Morgan fingerprint density at radius 1 is 1.42 bits per heavy atom. The molecule has 2 aromatic rings. The van der Waals surface area contributed by atoms with E-state index in [0.717, 1.165) is 11.3 Å². The summed E-state index contributed by atoms with van der Waals surface area (Å²) in [4.78, 5) is 28.1. The average molecular weight is 370 g/mol. The first-order valence-electron chi connectivity index (χ1n) is 7.02. The number of anilines is 1. The Bertz CT molecular complexity index is 755. The summed E-state index contributed by atoms with van der Waals surface area (Å²) < 4.78 is 6.04. The van der Waals surface area contributed by atoms with E-state index in [1.165, 1.54) is 23.5 Å². The van der Waals surface area contributed by atoms with Gasteiger partial charge in [0.15, 0.2) is 11.0 Å². The second-order valence-corrected chi connectivity index (χ2v) is 7.07. The smallest absolute Gasteiger partial charge is 0.350 e. The largest absolute Gasteiger partial charge is 0.465 e. The summed E-state index contributed by atoms with van der Waals surface area (Å²) in [5.74, 6) is 6.02. The van der Waals surface area contributed by atoms with E-state index in [9.17, 15) is 9.59 Å². The lowest BCUT2D eigenvalue weighted by Crippen LogP contribution is -2.17. The highest BCUT2D eigenvalue weighted by atomic mass is 32.2. The highest BCUT2D eigenvalue weighted by Gasteiger charge is 2.18. The minimum atomic E-state index is -0.475. The number of methoxy groups -OCH3 is 1. The van der Waals surface area contributed by atoms with Gasteiger partial charge in [0.2, 0.25) is 11.1 Å². The second kappa shape index (κ2) is 7.62. The van der Waals surface area contributed by atoms with Crippen molar-refractivity contribution in [2.45, 2.75) is 31.8 Å². The Morgan fingerprint density at radius 3 is 2.71 bits per heavy atom. The van der Waals surface area contributed by atoms with Gasteiger partial charge in [0.05, 0.1) is 18.6 Å². The molecule has 9 nitrogen and oxygen atoms in total. The van der Waals surface area contributed by atoms with Crippen molar-refractivity contribution in [3.8, 4) is 0 Å². The molecular formula is C13H18N6O3S2. The number of ether oxygens (including phenoxy) is 1. The lowest BCUT2D eigenvalue weighted by molar-refractivity contribution is -0.113. The summed E-state index contributed by atoms with van der Waals surface area (Å²) in [5, 5.41) is 11.4. The monoisotopic (exact) mass is 370 g/mol. The molecule has 0 radical (unpaired) electrons. The Hall–Kier alpha value is -2.14. The van der Waals surface area contributed by atoms with E-state index in [-0.39, 0.29) is 17.6 Å². The molecule has 0 bridgehead atoms. The number of nitrogens with zero attached hydrogens (tertiary/aromatic N) is 4. The molecular weight excluding hydrogens is 352 g/mol. The summed E-state index contributed by atoms with van der Waals surface area (Å²) in [5.41, 5.74) is 0.512. The number of rotatable bonds is 6. The van der Waals surface area contributed by atoms with Crippen LogP contribution in [0.5, 0.6) is 0 Å². The van der Waals surface area contributed by atoms with E-state index in [2.05, 4.69) is 25.2 Å². The zero-order chi connectivity index (χ0) is 17.9. The normalized spacial score (nSPS) is 10.9. The van der Waals surface area contributed by atoms with Crippen LogP contribution in [0.3, 0.4) is 0 Å². The van der Waals surface area contributed by atoms with Crippen molar-refractivity contribution in [1.82, 2.24) is 19.9 Å². The zero-order valence-corrected chi connectivity index (χ0v) is 15.3. The SMILES string of the molecule is COC(=O)c1sc(NC(=O)CSc2nnc(C(C)C)n2N)nc1C. The fraction of sp³-hybridized carbons (Fsp3) is 0.462. The highest BCUT2D eigenvalue weighted by molar-refractivity contribution is 7.99. The predicted octanol–water partition coefficient (Wildman–Crippen LogP) is 1.40. The fourth-order valence-electron chi connectivity index (χ4n) is 1.80. The molecule has 11 heteroatoms. The van der Waals surface area contributed by atoms with Gasteiger partial charge in [0.25, 0.3) is 0 Å². The maximum absolute atomic E-state index is 12.0. The molecule has 2 rings (SSSR count). The fourth-order valence-corrected chi connectivity index (χ4v) is 3.36. The Kier molecular flexibility index (Phi) is 5.78. The van der Waals surface area contributed by atoms with Gasteiger partial charge in [-0.2, -0.15) is 0 Å². The van der Waals surface area contributed by atoms with Crippen LogP contribution in [-0.4, -0.2) is 44.6 Å². The molecule has 0 saturated heterocycles. The van der Waals surface area contributed by atoms with Gasteiger partial charge in [0, 0.05) is 5.92 Å². The van der Waals surface area contributed by atoms with Crippen LogP contribution in [0.4, 0.5) is 5.13 Å². The lowest BCUT2D eigenvalue weighted by atomic mass is 10.2. The van der Waals surface area contributed by atoms with Gasteiger partial charge in [-0.05, 0) is 6.92 Å². The van der Waals surface area contributed by atoms with E-state index >= 15 is 0 Å². The van der Waals surface area contributed by atoms with Crippen LogP contribution in [0.2, 0.25) is 0 Å². The number of carbonyl (C=O) groups excluding carboxylic acids is 2. The predicted molar refractivity (Wildman–Crippen MR) is 91.8 cm³/mol. The standard InChI is InChI=1S/C13H18N6O3S2/c1-6(2)10-17-18-13(19(10)14)23-5-8(20)16-12-15-7(3)9(24-12)11(21)22-4/h6H,5,14H2,1-4H3,(H,15,16,20). The highest BCUT2D eigenvalue weighted by Crippen LogP contribution is 2.24. The third kappa shape index (κ3) is 4.03.